The zero-order chi connectivity index (χ0) is 51.3. The van der Waals surface area contributed by atoms with Crippen LogP contribution in [0.3, 0.4) is 0 Å². The molecule has 3 unspecified atom stereocenters. The summed E-state index contributed by atoms with van der Waals surface area (Å²) >= 11 is 0. The number of allylic oxidation sites excluding steroid dienone is 10. The van der Waals surface area contributed by atoms with Crippen molar-refractivity contribution < 1.29 is 52.2 Å². The predicted molar refractivity (Wildman–Crippen MR) is 288 cm³/mol. The highest BCUT2D eigenvalue weighted by Gasteiger charge is 2.28. The van der Waals surface area contributed by atoms with Crippen LogP contribution < -0.4 is 0 Å². The molecule has 0 saturated carbocycles. The van der Waals surface area contributed by atoms with Crippen molar-refractivity contribution in [1.82, 2.24) is 0 Å². The van der Waals surface area contributed by atoms with Crippen molar-refractivity contribution in [3.05, 3.63) is 60.8 Å². The molecular formula is C58H103O11P. The zero-order valence-electron chi connectivity index (χ0n) is 44.7. The quantitative estimate of drug-likeness (QED) is 0.0197. The van der Waals surface area contributed by atoms with Gasteiger partial charge in [-0.25, -0.2) is 4.57 Å². The summed E-state index contributed by atoms with van der Waals surface area (Å²) in [5.41, 5.74) is 0. The van der Waals surface area contributed by atoms with Gasteiger partial charge in [-0.15, -0.1) is 0 Å². The molecule has 0 aromatic heterocycles. The second kappa shape index (κ2) is 52.5. The summed E-state index contributed by atoms with van der Waals surface area (Å²) in [4.78, 5) is 48.4. The van der Waals surface area contributed by atoms with E-state index < -0.39 is 57.8 Å². The lowest BCUT2D eigenvalue weighted by Crippen LogP contribution is -2.30. The number of phosphoric acid groups is 1. The van der Waals surface area contributed by atoms with Crippen LogP contribution in [0.4, 0.5) is 0 Å². The summed E-state index contributed by atoms with van der Waals surface area (Å²) in [6.45, 7) is 4.49. The van der Waals surface area contributed by atoms with E-state index in [2.05, 4.69) is 81.5 Å². The first-order valence-corrected chi connectivity index (χ1v) is 29.7. The topological polar surface area (TPSA) is 155 Å². The van der Waals surface area contributed by atoms with Crippen LogP contribution in [0.15, 0.2) is 60.8 Å². The number of unbranched alkanes of at least 4 members (excludes halogenated alkanes) is 25. The van der Waals surface area contributed by atoms with Gasteiger partial charge in [-0.05, 0) is 64.2 Å². The van der Waals surface area contributed by atoms with Gasteiger partial charge in [0.15, 0.2) is 6.10 Å². The molecule has 0 spiro atoms. The minimum absolute atomic E-state index is 0.130. The highest BCUT2D eigenvalue weighted by molar-refractivity contribution is 7.47. The van der Waals surface area contributed by atoms with Crippen molar-refractivity contribution in [1.29, 1.82) is 0 Å². The lowest BCUT2D eigenvalue weighted by molar-refractivity contribution is -0.161. The van der Waals surface area contributed by atoms with Gasteiger partial charge in [-0.2, -0.15) is 0 Å². The summed E-state index contributed by atoms with van der Waals surface area (Å²) in [7, 11) is -4.75. The highest BCUT2D eigenvalue weighted by Crippen LogP contribution is 2.43. The first kappa shape index (κ1) is 67.2. The Morgan fingerprint density at radius 1 is 0.414 bits per heavy atom. The molecule has 0 aromatic rings. The lowest BCUT2D eigenvalue weighted by Gasteiger charge is -2.21. The lowest BCUT2D eigenvalue weighted by atomic mass is 10.0. The molecule has 11 nitrogen and oxygen atoms in total. The maximum Gasteiger partial charge on any atom is 0.472 e. The van der Waals surface area contributed by atoms with E-state index in [0.717, 1.165) is 89.9 Å². The molecule has 0 saturated heterocycles. The Morgan fingerprint density at radius 3 is 1.14 bits per heavy atom. The zero-order valence-corrected chi connectivity index (χ0v) is 45.6. The molecule has 0 fully saturated rings. The van der Waals surface area contributed by atoms with E-state index in [0.29, 0.717) is 19.3 Å². The van der Waals surface area contributed by atoms with Crippen molar-refractivity contribution in [3.8, 4) is 0 Å². The van der Waals surface area contributed by atoms with Crippen LogP contribution in [0.1, 0.15) is 252 Å². The van der Waals surface area contributed by atoms with Crippen molar-refractivity contribution in [3.63, 3.8) is 0 Å². The molecule has 0 radical (unpaired) electrons. The van der Waals surface area contributed by atoms with E-state index in [1.165, 1.54) is 103 Å². The van der Waals surface area contributed by atoms with Crippen LogP contribution in [0, 0.1) is 0 Å². The third kappa shape index (κ3) is 50.1. The normalized spacial score (nSPS) is 13.8. The van der Waals surface area contributed by atoms with Crippen LogP contribution in [0.2, 0.25) is 0 Å². The average Bonchev–Trinajstić information content (AvgIpc) is 3.35. The molecule has 0 heterocycles. The van der Waals surface area contributed by atoms with E-state index in [9.17, 15) is 28.9 Å². The van der Waals surface area contributed by atoms with Crippen LogP contribution >= 0.6 is 7.82 Å². The van der Waals surface area contributed by atoms with E-state index in [-0.39, 0.29) is 25.9 Å². The van der Waals surface area contributed by atoms with Crippen molar-refractivity contribution >= 4 is 25.7 Å². The van der Waals surface area contributed by atoms with E-state index in [1.807, 2.05) is 0 Å². The molecule has 0 amide bonds. The van der Waals surface area contributed by atoms with Gasteiger partial charge in [0.1, 0.15) is 12.7 Å². The van der Waals surface area contributed by atoms with Crippen LogP contribution in [0.25, 0.3) is 0 Å². The number of carbonyl (C=O) groups is 3. The van der Waals surface area contributed by atoms with Gasteiger partial charge in [-0.1, -0.05) is 229 Å². The SMILES string of the molecule is CC/C=C\C/C=C\C/C=C\C/C=C\C/C=C\CCCCCC(=O)OC(COC(=O)CCCCCCCCCCC)COP(=O)(O)OCC(CO)OC(=O)CCCCCCCCCCCCCCCCC. The van der Waals surface area contributed by atoms with E-state index in [1.54, 1.807) is 0 Å². The molecular weight excluding hydrogens is 904 g/mol. The maximum atomic E-state index is 12.9. The second-order valence-corrected chi connectivity index (χ2v) is 20.2. The molecule has 2 N–H and O–H groups in total. The van der Waals surface area contributed by atoms with Crippen LogP contribution in [-0.2, 0) is 42.2 Å². The number of ether oxygens (including phenoxy) is 3. The number of phosphoric ester groups is 1. The summed E-state index contributed by atoms with van der Waals surface area (Å²) in [5, 5.41) is 9.80. The van der Waals surface area contributed by atoms with Gasteiger partial charge in [0.05, 0.1) is 19.8 Å². The summed E-state index contributed by atoms with van der Waals surface area (Å²) in [5.74, 6) is -1.50. The fourth-order valence-corrected chi connectivity index (χ4v) is 8.46. The Kier molecular flexibility index (Phi) is 50.4. The third-order valence-electron chi connectivity index (χ3n) is 12.0. The molecule has 0 aliphatic carbocycles. The average molecular weight is 1010 g/mol. The van der Waals surface area contributed by atoms with E-state index in [4.69, 9.17) is 23.3 Å². The molecule has 3 atom stereocenters. The van der Waals surface area contributed by atoms with Crippen LogP contribution in [-0.4, -0.2) is 66.5 Å². The number of rotatable bonds is 52. The van der Waals surface area contributed by atoms with Crippen molar-refractivity contribution in [2.75, 3.05) is 26.4 Å². The standard InChI is InChI=1S/C58H103O11P/c1-4-7-10-13-16-19-21-23-25-26-27-28-30-32-34-37-40-43-46-49-58(62)69-55(51-65-56(60)47-44-41-38-35-18-15-12-9-6-3)53-67-70(63,64)66-52-54(50-59)68-57(61)48-45-42-39-36-33-31-29-24-22-20-17-14-11-8-5-2/h7,10,16,19,23,25,27-28,32,34,54-55,59H,4-6,8-9,11-15,17-18,20-22,24,26,29-31,33,35-53H2,1-3H3,(H,63,64)/b10-7-,19-16-,25-23-,28-27-,34-32-. The number of aliphatic hydroxyl groups excluding tert-OH is 1. The minimum atomic E-state index is -4.75. The fourth-order valence-electron chi connectivity index (χ4n) is 7.68. The van der Waals surface area contributed by atoms with Crippen molar-refractivity contribution in [2.45, 2.75) is 264 Å². The smallest absolute Gasteiger partial charge is 0.462 e. The summed E-state index contributed by atoms with van der Waals surface area (Å²) in [6, 6.07) is 0. The van der Waals surface area contributed by atoms with Crippen molar-refractivity contribution in [2.24, 2.45) is 0 Å². The predicted octanol–water partition coefficient (Wildman–Crippen LogP) is 16.4. The molecule has 0 aliphatic rings. The first-order chi connectivity index (χ1) is 34.2. The molecule has 70 heavy (non-hydrogen) atoms. The maximum absolute atomic E-state index is 12.9. The molecule has 0 bridgehead atoms. The molecule has 0 rings (SSSR count). The monoisotopic (exact) mass is 1010 g/mol. The Hall–Kier alpha value is -2.82. The number of aliphatic hydroxyl groups is 1. The number of hydrogen-bond donors (Lipinski definition) is 2. The Bertz CT molecular complexity index is 1410. The summed E-state index contributed by atoms with van der Waals surface area (Å²) < 4.78 is 39.4. The van der Waals surface area contributed by atoms with E-state index >= 15 is 0 Å². The number of carbonyl (C=O) groups excluding carboxylic acids is 3. The minimum Gasteiger partial charge on any atom is -0.462 e. The number of esters is 3. The third-order valence-corrected chi connectivity index (χ3v) is 12.9. The van der Waals surface area contributed by atoms with Gasteiger partial charge >= 0.3 is 25.7 Å². The number of hydrogen-bond acceptors (Lipinski definition) is 10. The summed E-state index contributed by atoms with van der Waals surface area (Å²) in [6.07, 6.45) is 56.2. The van der Waals surface area contributed by atoms with Crippen LogP contribution in [0.5, 0.6) is 0 Å². The molecule has 406 valence electrons. The van der Waals surface area contributed by atoms with Gasteiger partial charge in [0, 0.05) is 19.3 Å². The van der Waals surface area contributed by atoms with Gasteiger partial charge in [-0.3, -0.25) is 23.4 Å². The molecule has 0 aliphatic heterocycles. The van der Waals surface area contributed by atoms with Gasteiger partial charge in [0.2, 0.25) is 0 Å². The Balaban J connectivity index is 4.69. The first-order valence-electron chi connectivity index (χ1n) is 28.2. The largest absolute Gasteiger partial charge is 0.472 e. The highest BCUT2D eigenvalue weighted by atomic mass is 31.2. The molecule has 0 aromatic carbocycles. The Morgan fingerprint density at radius 2 is 0.743 bits per heavy atom. The van der Waals surface area contributed by atoms with Gasteiger partial charge in [0.25, 0.3) is 0 Å². The Labute approximate surface area is 427 Å². The van der Waals surface area contributed by atoms with Gasteiger partial charge < -0.3 is 24.2 Å². The second-order valence-electron chi connectivity index (χ2n) is 18.7. The molecule has 12 heteroatoms. The fraction of sp³-hybridized carbons (Fsp3) is 0.776.